The molecule has 0 aromatic heterocycles. The van der Waals surface area contributed by atoms with E-state index >= 15 is 0 Å². The van der Waals surface area contributed by atoms with Crippen LogP contribution in [-0.2, 0) is 14.3 Å². The number of amides is 1. The van der Waals surface area contributed by atoms with Crippen LogP contribution in [0.3, 0.4) is 0 Å². The Morgan fingerprint density at radius 3 is 2.50 bits per heavy atom. The van der Waals surface area contributed by atoms with Crippen LogP contribution in [0.1, 0.15) is 26.7 Å². The minimum Gasteiger partial charge on any atom is -0.479 e. The summed E-state index contributed by atoms with van der Waals surface area (Å²) in [6.45, 7) is 3.21. The van der Waals surface area contributed by atoms with Crippen LogP contribution in [0.15, 0.2) is 0 Å². The molecule has 1 aliphatic heterocycles. The Morgan fingerprint density at radius 2 is 2.06 bits per heavy atom. The molecular weight excluding hydrogens is 214 g/mol. The van der Waals surface area contributed by atoms with Crippen molar-refractivity contribution in [2.24, 2.45) is 0 Å². The van der Waals surface area contributed by atoms with Crippen LogP contribution in [0.25, 0.3) is 0 Å². The first-order valence-electron chi connectivity index (χ1n) is 5.15. The number of likely N-dealkylation sites (tertiary alicyclic amines) is 1. The fraction of sp³-hybridized carbons (Fsp3) is 0.700. The maximum absolute atomic E-state index is 11.6. The molecule has 0 aromatic carbocycles. The van der Waals surface area contributed by atoms with Crippen molar-refractivity contribution in [2.75, 3.05) is 13.2 Å². The maximum Gasteiger partial charge on any atom is 0.411 e. The highest BCUT2D eigenvalue weighted by molar-refractivity contribution is 6.09. The minimum absolute atomic E-state index is 0.149. The standard InChI is InChI=1S/C10H15NO5/c1-3-16-9(15)11-6-4-5-10(11,7(2)12)8(13)14/h3-6H2,1-2H3,(H,13,14). The molecule has 1 fully saturated rings. The molecule has 0 aromatic rings. The van der Waals surface area contributed by atoms with Crippen molar-refractivity contribution in [3.8, 4) is 0 Å². The first kappa shape index (κ1) is 12.5. The van der Waals surface area contributed by atoms with E-state index in [0.29, 0.717) is 6.42 Å². The number of ketones is 1. The number of carbonyl (C=O) groups excluding carboxylic acids is 2. The SMILES string of the molecule is CCOC(=O)N1CCCC1(C(C)=O)C(=O)O. The van der Waals surface area contributed by atoms with Gasteiger partial charge in [0.1, 0.15) is 0 Å². The molecule has 90 valence electrons. The van der Waals surface area contributed by atoms with Gasteiger partial charge in [-0.25, -0.2) is 9.59 Å². The molecule has 0 bridgehead atoms. The highest BCUT2D eigenvalue weighted by Crippen LogP contribution is 2.31. The van der Waals surface area contributed by atoms with E-state index in [-0.39, 0.29) is 19.6 Å². The second-order valence-electron chi connectivity index (χ2n) is 3.68. The number of nitrogens with zero attached hydrogens (tertiary/aromatic N) is 1. The van der Waals surface area contributed by atoms with Crippen LogP contribution in [0.2, 0.25) is 0 Å². The first-order valence-corrected chi connectivity index (χ1v) is 5.15. The van der Waals surface area contributed by atoms with Gasteiger partial charge in [0.25, 0.3) is 0 Å². The molecule has 1 heterocycles. The van der Waals surface area contributed by atoms with E-state index in [0.717, 1.165) is 4.90 Å². The molecule has 0 radical (unpaired) electrons. The van der Waals surface area contributed by atoms with E-state index < -0.39 is 23.4 Å². The van der Waals surface area contributed by atoms with Crippen molar-refractivity contribution in [1.29, 1.82) is 0 Å². The number of hydrogen-bond donors (Lipinski definition) is 1. The van der Waals surface area contributed by atoms with E-state index in [2.05, 4.69) is 0 Å². The summed E-state index contributed by atoms with van der Waals surface area (Å²) in [6.07, 6.45) is -0.0983. The van der Waals surface area contributed by atoms with Gasteiger partial charge in [-0.3, -0.25) is 9.69 Å². The van der Waals surface area contributed by atoms with E-state index in [9.17, 15) is 14.4 Å². The topological polar surface area (TPSA) is 83.9 Å². The van der Waals surface area contributed by atoms with E-state index in [1.165, 1.54) is 6.92 Å². The quantitative estimate of drug-likeness (QED) is 0.718. The molecule has 0 saturated carbocycles. The van der Waals surface area contributed by atoms with Gasteiger partial charge in [0.15, 0.2) is 5.78 Å². The summed E-state index contributed by atoms with van der Waals surface area (Å²) >= 11 is 0. The lowest BCUT2D eigenvalue weighted by Crippen LogP contribution is -2.57. The molecule has 1 amide bonds. The van der Waals surface area contributed by atoms with Crippen LogP contribution in [0.4, 0.5) is 4.79 Å². The fourth-order valence-corrected chi connectivity index (χ4v) is 2.01. The largest absolute Gasteiger partial charge is 0.479 e. The average Bonchev–Trinajstić information content (AvgIpc) is 2.62. The Morgan fingerprint density at radius 1 is 1.44 bits per heavy atom. The van der Waals surface area contributed by atoms with Gasteiger partial charge in [-0.15, -0.1) is 0 Å². The number of aliphatic carboxylic acids is 1. The zero-order valence-corrected chi connectivity index (χ0v) is 9.36. The second kappa shape index (κ2) is 4.51. The Kier molecular flexibility index (Phi) is 3.51. The normalized spacial score (nSPS) is 24.2. The van der Waals surface area contributed by atoms with Crippen molar-refractivity contribution in [2.45, 2.75) is 32.2 Å². The lowest BCUT2D eigenvalue weighted by atomic mass is 9.92. The first-order chi connectivity index (χ1) is 7.46. The number of Topliss-reactive ketones (excluding diaryl/α,β-unsaturated/α-hetero) is 1. The van der Waals surface area contributed by atoms with Crippen LogP contribution < -0.4 is 0 Å². The average molecular weight is 229 g/mol. The predicted molar refractivity (Wildman–Crippen MR) is 54.0 cm³/mol. The van der Waals surface area contributed by atoms with Crippen LogP contribution in [-0.4, -0.2) is 46.5 Å². The maximum atomic E-state index is 11.6. The Labute approximate surface area is 93.2 Å². The number of carboxylic acids is 1. The van der Waals surface area contributed by atoms with Gasteiger partial charge in [0.2, 0.25) is 5.54 Å². The van der Waals surface area contributed by atoms with Gasteiger partial charge in [0, 0.05) is 6.54 Å². The highest BCUT2D eigenvalue weighted by Gasteiger charge is 2.54. The third-order valence-electron chi connectivity index (χ3n) is 2.81. The van der Waals surface area contributed by atoms with Gasteiger partial charge in [-0.2, -0.15) is 0 Å². The number of hydrogen-bond acceptors (Lipinski definition) is 4. The van der Waals surface area contributed by atoms with Crippen molar-refractivity contribution in [1.82, 2.24) is 4.90 Å². The van der Waals surface area contributed by atoms with Gasteiger partial charge < -0.3 is 9.84 Å². The molecule has 6 nitrogen and oxygen atoms in total. The number of rotatable bonds is 3. The second-order valence-corrected chi connectivity index (χ2v) is 3.68. The number of carboxylic acid groups (broad SMARTS) is 1. The van der Waals surface area contributed by atoms with E-state index in [1.807, 2.05) is 0 Å². The summed E-state index contributed by atoms with van der Waals surface area (Å²) in [5.74, 6) is -1.82. The Bertz CT molecular complexity index is 311. The molecule has 0 spiro atoms. The smallest absolute Gasteiger partial charge is 0.411 e. The molecule has 1 atom stereocenters. The molecule has 1 aliphatic rings. The molecule has 6 heteroatoms. The Hall–Kier alpha value is -1.59. The minimum atomic E-state index is -1.73. The van der Waals surface area contributed by atoms with E-state index in [4.69, 9.17) is 9.84 Å². The summed E-state index contributed by atoms with van der Waals surface area (Å²) in [5.41, 5.74) is -1.73. The lowest BCUT2D eigenvalue weighted by molar-refractivity contribution is -0.154. The molecular formula is C10H15NO5. The zero-order chi connectivity index (χ0) is 12.3. The van der Waals surface area contributed by atoms with Gasteiger partial charge in [-0.1, -0.05) is 0 Å². The zero-order valence-electron chi connectivity index (χ0n) is 9.36. The summed E-state index contributed by atoms with van der Waals surface area (Å²) < 4.78 is 4.75. The third kappa shape index (κ3) is 1.75. The molecule has 16 heavy (non-hydrogen) atoms. The summed E-state index contributed by atoms with van der Waals surface area (Å²) in [4.78, 5) is 35.3. The molecule has 1 N–H and O–H groups in total. The monoisotopic (exact) mass is 229 g/mol. The number of ether oxygens (including phenoxy) is 1. The van der Waals surface area contributed by atoms with Gasteiger partial charge >= 0.3 is 12.1 Å². The van der Waals surface area contributed by atoms with E-state index in [1.54, 1.807) is 6.92 Å². The van der Waals surface area contributed by atoms with Crippen molar-refractivity contribution < 1.29 is 24.2 Å². The summed E-state index contributed by atoms with van der Waals surface area (Å²) in [5, 5.41) is 9.15. The lowest BCUT2D eigenvalue weighted by Gasteiger charge is -2.31. The van der Waals surface area contributed by atoms with Gasteiger partial charge in [-0.05, 0) is 26.7 Å². The molecule has 0 aliphatic carbocycles. The fourth-order valence-electron chi connectivity index (χ4n) is 2.01. The molecule has 1 rings (SSSR count). The molecule has 1 unspecified atom stereocenters. The number of carbonyl (C=O) groups is 3. The van der Waals surface area contributed by atoms with Crippen LogP contribution >= 0.6 is 0 Å². The third-order valence-corrected chi connectivity index (χ3v) is 2.81. The van der Waals surface area contributed by atoms with Crippen molar-refractivity contribution in [3.05, 3.63) is 0 Å². The molecule has 1 saturated heterocycles. The predicted octanol–water partition coefficient (Wildman–Crippen LogP) is 0.651. The van der Waals surface area contributed by atoms with Crippen LogP contribution in [0.5, 0.6) is 0 Å². The van der Waals surface area contributed by atoms with Crippen molar-refractivity contribution >= 4 is 17.8 Å². The van der Waals surface area contributed by atoms with Gasteiger partial charge in [0.05, 0.1) is 6.61 Å². The van der Waals surface area contributed by atoms with Crippen LogP contribution in [0, 0.1) is 0 Å². The summed E-state index contributed by atoms with van der Waals surface area (Å²) in [7, 11) is 0. The highest BCUT2D eigenvalue weighted by atomic mass is 16.6. The van der Waals surface area contributed by atoms with Crippen molar-refractivity contribution in [3.63, 3.8) is 0 Å². The Balaban J connectivity index is 3.03. The summed E-state index contributed by atoms with van der Waals surface area (Å²) in [6, 6.07) is 0.